The van der Waals surface area contributed by atoms with E-state index in [1.807, 2.05) is 18.2 Å². The Balaban J connectivity index is 1.44. The van der Waals surface area contributed by atoms with Gasteiger partial charge >= 0.3 is 0 Å². The molecule has 1 aliphatic rings. The molecule has 1 fully saturated rings. The second kappa shape index (κ2) is 9.84. The number of piperidine rings is 1. The molecule has 1 amide bonds. The Bertz CT molecular complexity index is 709. The normalized spacial score (nSPS) is 16.1. The largest absolute Gasteiger partial charge is 0.372 e. The average molecular weight is 383 g/mol. The third kappa shape index (κ3) is 6.03. The van der Waals surface area contributed by atoms with Crippen molar-refractivity contribution in [1.29, 1.82) is 0 Å². The highest BCUT2D eigenvalue weighted by molar-refractivity contribution is 7.99. The first kappa shape index (κ1) is 19.8. The van der Waals surface area contributed by atoms with Gasteiger partial charge in [-0.1, -0.05) is 37.3 Å². The molecule has 0 spiro atoms. The maximum absolute atomic E-state index is 12.2. The van der Waals surface area contributed by atoms with Gasteiger partial charge in [0, 0.05) is 35.8 Å². The first-order valence-electron chi connectivity index (χ1n) is 9.94. The second-order valence-electron chi connectivity index (χ2n) is 7.46. The zero-order valence-corrected chi connectivity index (χ0v) is 17.2. The summed E-state index contributed by atoms with van der Waals surface area (Å²) in [6.45, 7) is 6.68. The van der Waals surface area contributed by atoms with Crippen molar-refractivity contribution in [1.82, 2.24) is 5.32 Å². The lowest BCUT2D eigenvalue weighted by atomic mass is 9.98. The number of benzene rings is 2. The standard InChI is InChI=1S/C23H30N2OS/c1-18-12-15-25(16-13-18)21-10-8-20(9-11-21)19(2)24-23(26)14-17-27-22-6-4-3-5-7-22/h3-11,18-19H,12-17H2,1-2H3,(H,24,26). The molecule has 1 N–H and O–H groups in total. The molecule has 1 heterocycles. The predicted octanol–water partition coefficient (Wildman–Crippen LogP) is 5.28. The molecule has 0 radical (unpaired) electrons. The van der Waals surface area contributed by atoms with E-state index < -0.39 is 0 Å². The molecule has 4 heteroatoms. The SMILES string of the molecule is CC1CCN(c2ccc(C(C)NC(=O)CCSc3ccccc3)cc2)CC1. The summed E-state index contributed by atoms with van der Waals surface area (Å²) in [7, 11) is 0. The smallest absolute Gasteiger partial charge is 0.221 e. The fourth-order valence-corrected chi connectivity index (χ4v) is 4.29. The lowest BCUT2D eigenvalue weighted by Gasteiger charge is -2.32. The molecule has 0 aromatic heterocycles. The first-order chi connectivity index (χ1) is 13.1. The molecule has 144 valence electrons. The van der Waals surface area contributed by atoms with E-state index in [4.69, 9.17) is 0 Å². The summed E-state index contributed by atoms with van der Waals surface area (Å²) < 4.78 is 0. The van der Waals surface area contributed by atoms with Gasteiger partial charge in [0.1, 0.15) is 0 Å². The molecule has 3 nitrogen and oxygen atoms in total. The molecule has 0 saturated carbocycles. The molecule has 0 bridgehead atoms. The minimum atomic E-state index is 0.0367. The number of thioether (sulfide) groups is 1. The van der Waals surface area contributed by atoms with E-state index in [0.717, 1.165) is 30.3 Å². The Hall–Kier alpha value is -1.94. The summed E-state index contributed by atoms with van der Waals surface area (Å²) >= 11 is 1.72. The van der Waals surface area contributed by atoms with Crippen LogP contribution in [0.25, 0.3) is 0 Å². The molecule has 2 aromatic rings. The van der Waals surface area contributed by atoms with Crippen molar-refractivity contribution >= 4 is 23.4 Å². The molecule has 1 unspecified atom stereocenters. The number of hydrogen-bond acceptors (Lipinski definition) is 3. The Kier molecular flexibility index (Phi) is 7.22. The number of anilines is 1. The number of nitrogens with zero attached hydrogens (tertiary/aromatic N) is 1. The zero-order valence-electron chi connectivity index (χ0n) is 16.4. The number of amides is 1. The van der Waals surface area contributed by atoms with Gasteiger partial charge in [-0.3, -0.25) is 4.79 Å². The monoisotopic (exact) mass is 382 g/mol. The minimum absolute atomic E-state index is 0.0367. The van der Waals surface area contributed by atoms with Gasteiger partial charge in [-0.2, -0.15) is 0 Å². The van der Waals surface area contributed by atoms with Crippen LogP contribution in [0.4, 0.5) is 5.69 Å². The van der Waals surface area contributed by atoms with Gasteiger partial charge < -0.3 is 10.2 Å². The number of carbonyl (C=O) groups excluding carboxylic acids is 1. The summed E-state index contributed by atoms with van der Waals surface area (Å²) in [6.07, 6.45) is 3.08. The van der Waals surface area contributed by atoms with Gasteiger partial charge in [-0.25, -0.2) is 0 Å². The topological polar surface area (TPSA) is 32.3 Å². The third-order valence-corrected chi connectivity index (χ3v) is 6.27. The molecular weight excluding hydrogens is 352 g/mol. The van der Waals surface area contributed by atoms with Crippen molar-refractivity contribution in [3.8, 4) is 0 Å². The van der Waals surface area contributed by atoms with Crippen LogP contribution in [0, 0.1) is 5.92 Å². The van der Waals surface area contributed by atoms with Crippen LogP contribution >= 0.6 is 11.8 Å². The summed E-state index contributed by atoms with van der Waals surface area (Å²) in [5.74, 6) is 1.75. The van der Waals surface area contributed by atoms with Crippen molar-refractivity contribution in [2.45, 2.75) is 44.0 Å². The van der Waals surface area contributed by atoms with Gasteiger partial charge in [0.25, 0.3) is 0 Å². The van der Waals surface area contributed by atoms with E-state index in [1.54, 1.807) is 11.8 Å². The quantitative estimate of drug-likeness (QED) is 0.661. The van der Waals surface area contributed by atoms with Gasteiger partial charge in [0.05, 0.1) is 6.04 Å². The lowest BCUT2D eigenvalue weighted by molar-refractivity contribution is -0.121. The van der Waals surface area contributed by atoms with Crippen LogP contribution in [-0.4, -0.2) is 24.7 Å². The predicted molar refractivity (Wildman–Crippen MR) is 115 cm³/mol. The van der Waals surface area contributed by atoms with E-state index in [2.05, 4.69) is 60.5 Å². The maximum Gasteiger partial charge on any atom is 0.221 e. The van der Waals surface area contributed by atoms with E-state index in [1.165, 1.54) is 23.4 Å². The molecule has 0 aliphatic carbocycles. The van der Waals surface area contributed by atoms with Crippen molar-refractivity contribution in [2.24, 2.45) is 5.92 Å². The van der Waals surface area contributed by atoms with Crippen LogP contribution < -0.4 is 10.2 Å². The van der Waals surface area contributed by atoms with Crippen LogP contribution in [0.15, 0.2) is 59.5 Å². The van der Waals surface area contributed by atoms with Crippen molar-refractivity contribution in [3.63, 3.8) is 0 Å². The van der Waals surface area contributed by atoms with Crippen molar-refractivity contribution in [2.75, 3.05) is 23.7 Å². The summed E-state index contributed by atoms with van der Waals surface area (Å²) in [6, 6.07) is 18.9. The average Bonchev–Trinajstić information content (AvgIpc) is 2.69. The van der Waals surface area contributed by atoms with Crippen LogP contribution in [0.1, 0.15) is 44.7 Å². The van der Waals surface area contributed by atoms with Gasteiger partial charge in [0.15, 0.2) is 0 Å². The summed E-state index contributed by atoms with van der Waals surface area (Å²) in [5, 5.41) is 3.12. The third-order valence-electron chi connectivity index (χ3n) is 5.26. The molecule has 1 aliphatic heterocycles. The highest BCUT2D eigenvalue weighted by Gasteiger charge is 2.16. The van der Waals surface area contributed by atoms with Crippen LogP contribution in [0.3, 0.4) is 0 Å². The first-order valence-corrected chi connectivity index (χ1v) is 10.9. The Labute approximate surface area is 167 Å². The number of carbonyl (C=O) groups is 1. The number of rotatable bonds is 7. The van der Waals surface area contributed by atoms with E-state index in [-0.39, 0.29) is 11.9 Å². The fourth-order valence-electron chi connectivity index (χ4n) is 3.42. The Morgan fingerprint density at radius 3 is 2.44 bits per heavy atom. The number of nitrogens with one attached hydrogen (secondary N) is 1. The van der Waals surface area contributed by atoms with Gasteiger partial charge in [-0.05, 0) is 55.5 Å². The highest BCUT2D eigenvalue weighted by atomic mass is 32.2. The molecule has 1 atom stereocenters. The van der Waals surface area contributed by atoms with E-state index in [9.17, 15) is 4.79 Å². The second-order valence-corrected chi connectivity index (χ2v) is 8.63. The zero-order chi connectivity index (χ0) is 19.1. The van der Waals surface area contributed by atoms with Crippen molar-refractivity contribution < 1.29 is 4.79 Å². The summed E-state index contributed by atoms with van der Waals surface area (Å²) in [5.41, 5.74) is 2.46. The Morgan fingerprint density at radius 1 is 1.11 bits per heavy atom. The molecule has 2 aromatic carbocycles. The van der Waals surface area contributed by atoms with Gasteiger partial charge in [-0.15, -0.1) is 11.8 Å². The van der Waals surface area contributed by atoms with Gasteiger partial charge in [0.2, 0.25) is 5.91 Å². The van der Waals surface area contributed by atoms with Crippen LogP contribution in [0.2, 0.25) is 0 Å². The van der Waals surface area contributed by atoms with E-state index in [0.29, 0.717) is 6.42 Å². The molecule has 3 rings (SSSR count). The minimum Gasteiger partial charge on any atom is -0.372 e. The van der Waals surface area contributed by atoms with Crippen LogP contribution in [0.5, 0.6) is 0 Å². The molecular formula is C23H30N2OS. The number of hydrogen-bond donors (Lipinski definition) is 1. The Morgan fingerprint density at radius 2 is 1.78 bits per heavy atom. The van der Waals surface area contributed by atoms with Crippen molar-refractivity contribution in [3.05, 3.63) is 60.2 Å². The summed E-state index contributed by atoms with van der Waals surface area (Å²) in [4.78, 5) is 15.9. The maximum atomic E-state index is 12.2. The lowest BCUT2D eigenvalue weighted by Crippen LogP contribution is -2.32. The van der Waals surface area contributed by atoms with E-state index >= 15 is 0 Å². The van der Waals surface area contributed by atoms with Crippen LogP contribution in [-0.2, 0) is 4.79 Å². The highest BCUT2D eigenvalue weighted by Crippen LogP contribution is 2.25. The fraction of sp³-hybridized carbons (Fsp3) is 0.435. The molecule has 1 saturated heterocycles. The molecule has 27 heavy (non-hydrogen) atoms.